The monoisotopic (exact) mass is 303 g/mol. The second-order valence-corrected chi connectivity index (χ2v) is 6.42. The minimum atomic E-state index is -0.301. The summed E-state index contributed by atoms with van der Waals surface area (Å²) in [5, 5.41) is 10.7. The summed E-state index contributed by atoms with van der Waals surface area (Å²) in [5.41, 5.74) is 3.59. The van der Waals surface area contributed by atoms with Crippen LogP contribution in [-0.2, 0) is 17.6 Å². The van der Waals surface area contributed by atoms with E-state index in [0.717, 1.165) is 18.5 Å². The number of nitrogens with one attached hydrogen (secondary N) is 1. The number of thioether (sulfide) groups is 1. The number of hydrogen-bond donors (Lipinski definition) is 2. The summed E-state index contributed by atoms with van der Waals surface area (Å²) in [6.07, 6.45) is 4.85. The predicted molar refractivity (Wildman–Crippen MR) is 82.6 cm³/mol. The number of amides is 1. The summed E-state index contributed by atoms with van der Waals surface area (Å²) in [4.78, 5) is 12.2. The number of aromatic nitrogens is 3. The first-order valence-corrected chi connectivity index (χ1v) is 7.76. The van der Waals surface area contributed by atoms with Gasteiger partial charge in [0.15, 0.2) is 0 Å². The van der Waals surface area contributed by atoms with Crippen molar-refractivity contribution in [2.24, 2.45) is 0 Å². The number of carbonyl (C=O) groups excluding carboxylic acids is 1. The smallest absolute Gasteiger partial charge is 0.237 e. The van der Waals surface area contributed by atoms with E-state index in [-0.39, 0.29) is 11.2 Å². The number of anilines is 1. The summed E-state index contributed by atoms with van der Waals surface area (Å²) in [7, 11) is 0. The van der Waals surface area contributed by atoms with Gasteiger partial charge in [-0.25, -0.2) is 4.68 Å². The zero-order valence-corrected chi connectivity index (χ0v) is 12.6. The minimum absolute atomic E-state index is 0.0686. The zero-order chi connectivity index (χ0) is 14.8. The Kier molecular flexibility index (Phi) is 3.83. The van der Waals surface area contributed by atoms with E-state index in [4.69, 9.17) is 5.84 Å². The molecule has 0 unspecified atom stereocenters. The number of aryl methyl sites for hydroxylation is 2. The number of carbonyl (C=O) groups is 1. The number of benzene rings is 1. The van der Waals surface area contributed by atoms with Gasteiger partial charge < -0.3 is 11.2 Å². The van der Waals surface area contributed by atoms with Crippen LogP contribution in [0, 0.1) is 0 Å². The average molecular weight is 303 g/mol. The van der Waals surface area contributed by atoms with Crippen molar-refractivity contribution in [2.45, 2.75) is 36.6 Å². The van der Waals surface area contributed by atoms with Crippen LogP contribution < -0.4 is 11.2 Å². The van der Waals surface area contributed by atoms with Gasteiger partial charge in [-0.1, -0.05) is 17.8 Å². The number of hydrogen-bond acceptors (Lipinski definition) is 5. The van der Waals surface area contributed by atoms with Crippen molar-refractivity contribution in [3.05, 3.63) is 35.7 Å². The van der Waals surface area contributed by atoms with Gasteiger partial charge in [0.05, 0.1) is 5.25 Å². The first-order chi connectivity index (χ1) is 10.1. The van der Waals surface area contributed by atoms with Crippen molar-refractivity contribution in [1.82, 2.24) is 14.9 Å². The van der Waals surface area contributed by atoms with Crippen LogP contribution in [0.2, 0.25) is 0 Å². The molecule has 2 aromatic rings. The molecular formula is C14H17N5OS. The Hall–Kier alpha value is -2.02. The molecule has 0 saturated heterocycles. The molecule has 0 spiro atoms. The molecule has 1 atom stereocenters. The normalized spacial score (nSPS) is 14.7. The maximum absolute atomic E-state index is 12.2. The molecule has 0 fully saturated rings. The molecule has 0 bridgehead atoms. The van der Waals surface area contributed by atoms with Gasteiger partial charge in [0.2, 0.25) is 11.1 Å². The lowest BCUT2D eigenvalue weighted by Gasteiger charge is -2.12. The van der Waals surface area contributed by atoms with Gasteiger partial charge in [-0.15, -0.1) is 10.2 Å². The molecule has 0 aliphatic heterocycles. The molecule has 1 aromatic carbocycles. The first-order valence-electron chi connectivity index (χ1n) is 6.88. The lowest BCUT2D eigenvalue weighted by atomic mass is 10.1. The fourth-order valence-corrected chi connectivity index (χ4v) is 3.17. The van der Waals surface area contributed by atoms with Crippen molar-refractivity contribution in [3.63, 3.8) is 0 Å². The van der Waals surface area contributed by atoms with Crippen molar-refractivity contribution in [2.75, 3.05) is 11.2 Å². The quantitative estimate of drug-likeness (QED) is 0.662. The summed E-state index contributed by atoms with van der Waals surface area (Å²) in [6, 6.07) is 6.14. The maximum Gasteiger partial charge on any atom is 0.237 e. The highest BCUT2D eigenvalue weighted by Gasteiger charge is 2.18. The third-order valence-corrected chi connectivity index (χ3v) is 4.63. The van der Waals surface area contributed by atoms with Crippen molar-refractivity contribution in [3.8, 4) is 0 Å². The molecule has 1 aliphatic rings. The second kappa shape index (κ2) is 5.77. The molecule has 0 radical (unpaired) electrons. The fraction of sp³-hybridized carbons (Fsp3) is 0.357. The first kappa shape index (κ1) is 13.9. The Morgan fingerprint density at radius 3 is 3.00 bits per heavy atom. The second-order valence-electron chi connectivity index (χ2n) is 5.11. The van der Waals surface area contributed by atoms with E-state index in [2.05, 4.69) is 27.6 Å². The number of fused-ring (bicyclic) bond motifs is 1. The molecule has 1 heterocycles. The molecule has 3 rings (SSSR count). The SMILES string of the molecule is C[C@@H](Sc1nncn1N)C(=O)Nc1ccc2c(c1)CCC2. The number of nitrogens with two attached hydrogens (primary N) is 1. The average Bonchev–Trinajstić information content (AvgIpc) is 3.07. The molecule has 7 heteroatoms. The van der Waals surface area contributed by atoms with E-state index in [1.165, 1.54) is 40.3 Å². The molecule has 1 aliphatic carbocycles. The summed E-state index contributed by atoms with van der Waals surface area (Å²) >= 11 is 1.28. The van der Waals surface area contributed by atoms with Gasteiger partial charge in [-0.3, -0.25) is 4.79 Å². The molecule has 0 saturated carbocycles. The largest absolute Gasteiger partial charge is 0.336 e. The summed E-state index contributed by atoms with van der Waals surface area (Å²) in [6.45, 7) is 1.82. The molecule has 110 valence electrons. The van der Waals surface area contributed by atoms with Crippen LogP contribution in [0.3, 0.4) is 0 Å². The van der Waals surface area contributed by atoms with Gasteiger partial charge in [0.25, 0.3) is 0 Å². The van der Waals surface area contributed by atoms with Gasteiger partial charge in [-0.2, -0.15) is 0 Å². The van der Waals surface area contributed by atoms with Crippen LogP contribution in [0.25, 0.3) is 0 Å². The third kappa shape index (κ3) is 3.02. The van der Waals surface area contributed by atoms with Crippen LogP contribution >= 0.6 is 11.8 Å². The van der Waals surface area contributed by atoms with Crippen LogP contribution in [0.1, 0.15) is 24.5 Å². The molecule has 3 N–H and O–H groups in total. The molecule has 1 amide bonds. The Morgan fingerprint density at radius 1 is 1.43 bits per heavy atom. The van der Waals surface area contributed by atoms with Crippen LogP contribution in [-0.4, -0.2) is 26.0 Å². The minimum Gasteiger partial charge on any atom is -0.336 e. The Bertz CT molecular complexity index is 669. The molecule has 1 aromatic heterocycles. The molecule has 6 nitrogen and oxygen atoms in total. The van der Waals surface area contributed by atoms with Gasteiger partial charge in [0, 0.05) is 5.69 Å². The Labute approximate surface area is 127 Å². The van der Waals surface area contributed by atoms with Gasteiger partial charge >= 0.3 is 0 Å². The topological polar surface area (TPSA) is 85.8 Å². The highest BCUT2D eigenvalue weighted by atomic mass is 32.2. The molecule has 21 heavy (non-hydrogen) atoms. The van der Waals surface area contributed by atoms with Crippen molar-refractivity contribution in [1.29, 1.82) is 0 Å². The number of rotatable bonds is 4. The Morgan fingerprint density at radius 2 is 2.24 bits per heavy atom. The van der Waals surface area contributed by atoms with Gasteiger partial charge in [-0.05, 0) is 49.4 Å². The van der Waals surface area contributed by atoms with Crippen molar-refractivity contribution < 1.29 is 4.79 Å². The fourth-order valence-electron chi connectivity index (χ4n) is 2.42. The Balaban J connectivity index is 1.64. The predicted octanol–water partition coefficient (Wildman–Crippen LogP) is 1.60. The molecular weight excluding hydrogens is 286 g/mol. The van der Waals surface area contributed by atoms with Crippen molar-refractivity contribution >= 4 is 23.4 Å². The lowest BCUT2D eigenvalue weighted by molar-refractivity contribution is -0.115. The number of nitrogen functional groups attached to an aromatic ring is 1. The third-order valence-electron chi connectivity index (χ3n) is 3.56. The lowest BCUT2D eigenvalue weighted by Crippen LogP contribution is -2.23. The number of nitrogens with zero attached hydrogens (tertiary/aromatic N) is 3. The summed E-state index contributed by atoms with van der Waals surface area (Å²) < 4.78 is 1.31. The van der Waals surface area contributed by atoms with E-state index in [1.807, 2.05) is 13.0 Å². The highest BCUT2D eigenvalue weighted by molar-refractivity contribution is 8.00. The maximum atomic E-state index is 12.2. The zero-order valence-electron chi connectivity index (χ0n) is 11.7. The van der Waals surface area contributed by atoms with Gasteiger partial charge in [0.1, 0.15) is 6.33 Å². The van der Waals surface area contributed by atoms with E-state index in [9.17, 15) is 4.79 Å². The standard InChI is InChI=1S/C14H17N5OS/c1-9(21-14-18-16-8-19(14)15)13(20)17-12-6-5-10-3-2-4-11(10)7-12/h5-9H,2-4,15H2,1H3,(H,17,20)/t9-/m1/s1. The van der Waals surface area contributed by atoms with Crippen LogP contribution in [0.5, 0.6) is 0 Å². The van der Waals surface area contributed by atoms with Crippen LogP contribution in [0.4, 0.5) is 5.69 Å². The van der Waals surface area contributed by atoms with E-state index >= 15 is 0 Å². The van der Waals surface area contributed by atoms with E-state index in [0.29, 0.717) is 5.16 Å². The highest BCUT2D eigenvalue weighted by Crippen LogP contribution is 2.26. The van der Waals surface area contributed by atoms with E-state index < -0.39 is 0 Å². The van der Waals surface area contributed by atoms with E-state index in [1.54, 1.807) is 0 Å². The van der Waals surface area contributed by atoms with Crippen LogP contribution in [0.15, 0.2) is 29.7 Å². The summed E-state index contributed by atoms with van der Waals surface area (Å²) in [5.74, 6) is 5.57.